The number of halogens is 3. The Morgan fingerprint density at radius 3 is 3.00 bits per heavy atom. The van der Waals surface area contributed by atoms with Crippen LogP contribution < -0.4 is 10.1 Å². The molecule has 32 heavy (non-hydrogen) atoms. The first kappa shape index (κ1) is 20.8. The highest BCUT2D eigenvalue weighted by molar-refractivity contribution is 6.33. The molecule has 2 fully saturated rings. The molecule has 3 N–H and O–H groups in total. The number of ether oxygens (including phenoxy) is 3. The minimum atomic E-state index is -2.31. The summed E-state index contributed by atoms with van der Waals surface area (Å²) in [6.07, 6.45) is -3.28. The lowest BCUT2D eigenvalue weighted by molar-refractivity contribution is -0.169. The second-order valence-corrected chi connectivity index (χ2v) is 7.85. The number of aliphatic hydroxyl groups is 1. The number of nitrogens with one attached hydrogen (secondary N) is 2. The number of aromatic nitrogens is 3. The highest BCUT2D eigenvalue weighted by Crippen LogP contribution is 2.40. The number of nitriles is 1. The van der Waals surface area contributed by atoms with Gasteiger partial charge >= 0.3 is 0 Å². The molecule has 166 valence electrons. The van der Waals surface area contributed by atoms with Crippen LogP contribution in [0.15, 0.2) is 24.3 Å². The highest BCUT2D eigenvalue weighted by Gasteiger charge is 2.62. The van der Waals surface area contributed by atoms with Crippen molar-refractivity contribution < 1.29 is 28.1 Å². The van der Waals surface area contributed by atoms with Crippen LogP contribution in [0.5, 0.6) is 6.01 Å². The van der Waals surface area contributed by atoms with E-state index >= 15 is 0 Å². The molecule has 2 aromatic heterocycles. The minimum Gasteiger partial charge on any atom is -0.456 e. The van der Waals surface area contributed by atoms with Crippen LogP contribution in [0.4, 0.5) is 14.6 Å². The van der Waals surface area contributed by atoms with Gasteiger partial charge in [-0.2, -0.15) is 10.2 Å². The van der Waals surface area contributed by atoms with Gasteiger partial charge in [0.2, 0.25) is 0 Å². The van der Waals surface area contributed by atoms with Crippen molar-refractivity contribution in [2.45, 2.75) is 30.7 Å². The summed E-state index contributed by atoms with van der Waals surface area (Å²) < 4.78 is 44.8. The van der Waals surface area contributed by atoms with Gasteiger partial charge in [-0.15, -0.1) is 0 Å². The number of rotatable bonds is 5. The van der Waals surface area contributed by atoms with Gasteiger partial charge in [-0.1, -0.05) is 17.7 Å². The second kappa shape index (κ2) is 7.83. The third kappa shape index (κ3) is 3.51. The Hall–Kier alpha value is -3.04. The van der Waals surface area contributed by atoms with E-state index in [2.05, 4.69) is 20.3 Å². The van der Waals surface area contributed by atoms with E-state index in [0.717, 1.165) is 6.07 Å². The van der Waals surface area contributed by atoms with Crippen molar-refractivity contribution in [2.24, 2.45) is 0 Å². The molecule has 0 radical (unpaired) electrons. The maximum absolute atomic E-state index is 14.7. The van der Waals surface area contributed by atoms with Crippen LogP contribution in [0.1, 0.15) is 11.1 Å². The van der Waals surface area contributed by atoms with Crippen molar-refractivity contribution in [1.29, 1.82) is 5.26 Å². The van der Waals surface area contributed by atoms with Gasteiger partial charge in [0.15, 0.2) is 17.9 Å². The fourth-order valence-electron chi connectivity index (χ4n) is 3.70. The Morgan fingerprint density at radius 2 is 2.22 bits per heavy atom. The molecular formula is C20H16ClF2N5O4. The molecule has 4 heterocycles. The van der Waals surface area contributed by atoms with Gasteiger partial charge in [0.25, 0.3) is 11.9 Å². The Labute approximate surface area is 184 Å². The molecule has 2 saturated heterocycles. The summed E-state index contributed by atoms with van der Waals surface area (Å²) in [6, 6.07) is 7.68. The number of hydrogen-bond donors (Lipinski definition) is 3. The molecule has 5 rings (SSSR count). The maximum atomic E-state index is 14.7. The van der Waals surface area contributed by atoms with Gasteiger partial charge in [-0.25, -0.2) is 13.8 Å². The molecule has 0 spiro atoms. The van der Waals surface area contributed by atoms with Gasteiger partial charge in [-0.3, -0.25) is 0 Å². The number of benzene rings is 1. The summed E-state index contributed by atoms with van der Waals surface area (Å²) >= 11 is 6.28. The number of imidazole rings is 1. The average molecular weight is 464 g/mol. The van der Waals surface area contributed by atoms with E-state index in [0.29, 0.717) is 11.1 Å². The molecule has 0 bridgehead atoms. The Bertz CT molecular complexity index is 1230. The summed E-state index contributed by atoms with van der Waals surface area (Å²) in [5, 5.41) is 21.8. The zero-order valence-electron chi connectivity index (χ0n) is 16.3. The molecule has 4 atom stereocenters. The van der Waals surface area contributed by atoms with Crippen LogP contribution in [-0.4, -0.2) is 57.4 Å². The smallest absolute Gasteiger partial charge is 0.296 e. The summed E-state index contributed by atoms with van der Waals surface area (Å²) in [4.78, 5) is 11.5. The summed E-state index contributed by atoms with van der Waals surface area (Å²) in [5.41, 5.74) is 1.30. The molecule has 2 aliphatic rings. The van der Waals surface area contributed by atoms with Gasteiger partial charge in [-0.05, 0) is 18.2 Å². The molecule has 0 unspecified atom stereocenters. The van der Waals surface area contributed by atoms with Crippen molar-refractivity contribution in [2.75, 3.05) is 18.5 Å². The van der Waals surface area contributed by atoms with E-state index in [9.17, 15) is 13.9 Å². The van der Waals surface area contributed by atoms with Gasteiger partial charge in [0.05, 0.1) is 35.4 Å². The highest BCUT2D eigenvalue weighted by atomic mass is 35.5. The first-order valence-corrected chi connectivity index (χ1v) is 10.0. The van der Waals surface area contributed by atoms with E-state index in [4.69, 9.17) is 31.1 Å². The predicted molar refractivity (Wildman–Crippen MR) is 107 cm³/mol. The summed E-state index contributed by atoms with van der Waals surface area (Å²) in [7, 11) is 0. The van der Waals surface area contributed by atoms with E-state index in [1.165, 1.54) is 12.1 Å². The monoisotopic (exact) mass is 463 g/mol. The van der Waals surface area contributed by atoms with Gasteiger partial charge in [0.1, 0.15) is 17.7 Å². The van der Waals surface area contributed by atoms with Crippen molar-refractivity contribution >= 4 is 28.6 Å². The number of anilines is 1. The van der Waals surface area contributed by atoms with Crippen LogP contribution in [0.2, 0.25) is 5.02 Å². The maximum Gasteiger partial charge on any atom is 0.296 e. The largest absolute Gasteiger partial charge is 0.456 e. The molecule has 1 aromatic carbocycles. The van der Waals surface area contributed by atoms with Gasteiger partial charge < -0.3 is 29.6 Å². The van der Waals surface area contributed by atoms with E-state index < -0.39 is 30.0 Å². The molecule has 0 saturated carbocycles. The lowest BCUT2D eigenvalue weighted by atomic mass is 10.1. The fourth-order valence-corrected chi connectivity index (χ4v) is 3.92. The SMILES string of the molecule is N#Cc1ccc(CNc2nc3nc(O[C@@H]4CO[C@]5(F)[C@H](O)CO[C@H]45)[nH]c3cc2Cl)c(F)c1. The molecule has 12 heteroatoms. The quantitative estimate of drug-likeness (QED) is 0.527. The molecule has 0 amide bonds. The number of hydrogen-bond acceptors (Lipinski definition) is 8. The number of aromatic amines is 1. The molecule has 3 aromatic rings. The Kier molecular flexibility index (Phi) is 5.10. The molecular weight excluding hydrogens is 448 g/mol. The van der Waals surface area contributed by atoms with Crippen molar-refractivity contribution in [1.82, 2.24) is 15.0 Å². The zero-order valence-corrected chi connectivity index (χ0v) is 17.1. The van der Waals surface area contributed by atoms with Crippen LogP contribution in [0, 0.1) is 17.1 Å². The van der Waals surface area contributed by atoms with E-state index in [1.54, 1.807) is 6.07 Å². The minimum absolute atomic E-state index is 0.0571. The first-order chi connectivity index (χ1) is 15.4. The second-order valence-electron chi connectivity index (χ2n) is 7.44. The lowest BCUT2D eigenvalue weighted by Gasteiger charge is -2.20. The number of nitrogens with zero attached hydrogens (tertiary/aromatic N) is 3. The molecule has 9 nitrogen and oxygen atoms in total. The third-order valence-corrected chi connectivity index (χ3v) is 5.67. The zero-order chi connectivity index (χ0) is 22.5. The van der Waals surface area contributed by atoms with E-state index in [1.807, 2.05) is 6.07 Å². The number of fused-ring (bicyclic) bond motifs is 2. The number of H-pyrrole nitrogens is 1. The third-order valence-electron chi connectivity index (χ3n) is 5.38. The van der Waals surface area contributed by atoms with Crippen molar-refractivity contribution in [3.05, 3.63) is 46.2 Å². The molecule has 0 aliphatic carbocycles. The summed E-state index contributed by atoms with van der Waals surface area (Å²) in [5.74, 6) is -2.56. The van der Waals surface area contributed by atoms with Crippen LogP contribution in [0.25, 0.3) is 11.2 Å². The number of alkyl halides is 1. The first-order valence-electron chi connectivity index (χ1n) is 9.65. The predicted octanol–water partition coefficient (Wildman–Crippen LogP) is 2.44. The lowest BCUT2D eigenvalue weighted by Crippen LogP contribution is -2.43. The fraction of sp³-hybridized carbons (Fsp3) is 0.350. The summed E-state index contributed by atoms with van der Waals surface area (Å²) in [6.45, 7) is -0.220. The van der Waals surface area contributed by atoms with Crippen LogP contribution in [-0.2, 0) is 16.0 Å². The Balaban J connectivity index is 1.32. The Morgan fingerprint density at radius 1 is 1.38 bits per heavy atom. The van der Waals surface area contributed by atoms with E-state index in [-0.39, 0.29) is 47.8 Å². The average Bonchev–Trinajstić information content (AvgIpc) is 3.40. The standard InChI is InChI=1S/C20H16ClF2N5O4/c21-11-4-13-18(27-17(11)25-6-10-2-1-9(5-24)3-12(10)22)28-19(26-13)32-14-7-31-20(23)15(29)8-30-16(14)20/h1-4,14-16,29H,6-8H2,(H2,25,26,27,28)/t14-,15-,16-,20-/m1/s1. The van der Waals surface area contributed by atoms with Crippen molar-refractivity contribution in [3.8, 4) is 12.1 Å². The van der Waals surface area contributed by atoms with Crippen LogP contribution >= 0.6 is 11.6 Å². The van der Waals surface area contributed by atoms with Crippen LogP contribution in [0.3, 0.4) is 0 Å². The molecule has 2 aliphatic heterocycles. The van der Waals surface area contributed by atoms with Crippen molar-refractivity contribution in [3.63, 3.8) is 0 Å². The topological polar surface area (TPSA) is 125 Å². The normalized spacial score (nSPS) is 26.8. The number of aliphatic hydroxyl groups excluding tert-OH is 1. The number of pyridine rings is 1. The van der Waals surface area contributed by atoms with Gasteiger partial charge in [0, 0.05) is 12.1 Å².